The van der Waals surface area contributed by atoms with Crippen LogP contribution in [0.3, 0.4) is 0 Å². The fourth-order valence-electron chi connectivity index (χ4n) is 19.5. The van der Waals surface area contributed by atoms with Gasteiger partial charge in [0.2, 0.25) is 34.5 Å². The molecule has 150 heavy (non-hydrogen) atoms. The van der Waals surface area contributed by atoms with Crippen molar-refractivity contribution in [2.45, 2.75) is 0 Å². The van der Waals surface area contributed by atoms with Crippen LogP contribution in [0, 0.1) is 0 Å². The highest BCUT2D eigenvalue weighted by molar-refractivity contribution is 6.09. The minimum atomic E-state index is -0.441. The Morgan fingerprint density at radius 3 is 0.527 bits per heavy atom. The molecule has 0 fully saturated rings. The second kappa shape index (κ2) is 41.7. The summed E-state index contributed by atoms with van der Waals surface area (Å²) in [5, 5.41) is 6.23. The molecule has 32 nitrogen and oxygen atoms in total. The molecule has 0 aliphatic carbocycles. The number of pyridine rings is 2. The zero-order valence-corrected chi connectivity index (χ0v) is 85.1. The Kier molecular flexibility index (Phi) is 27.3. The first kappa shape index (κ1) is 98.0. The standard InChI is InChI=1S/C118H102N12O20/c1-133-91-49-65(50-92(134-2)111(91)145-13)105-77-31-27-73(123-77)103(74-28-32-78(124-74)106(66-51-93(135-3)112(146-14)94(52-66)136-4)82-36-40-86(128-82)109(85-39-35-81(105)127-85)69-57-99(141-9)115(149-17)100(58-69)142-10)61-19-23-71(24-20-61)121-117(131)63-43-45-119-89(47-63)90-48-64(44-46-120-90)118(132)122-72-25-21-62(22-26-72)104-75-29-33-79(125-75)107(67-53-95(137-5)113(147-15)96(54-67)138-6)83-37-41-87(129-83)110(70-59-101(143-11)116(150-18)102(60-70)144-12)88-42-38-84(130-88)108(80-34-30-76(104)126-80)68-55-97(139-7)114(148-16)98(56-68)140-8/h19-60,123,125,128,130H,1-18H3,(H,121,131)(H,122,132). The summed E-state index contributed by atoms with van der Waals surface area (Å²) in [6.45, 7) is 0. The van der Waals surface area contributed by atoms with Gasteiger partial charge in [0.05, 0.1) is 185 Å². The lowest BCUT2D eigenvalue weighted by molar-refractivity contribution is 0.101. The minimum Gasteiger partial charge on any atom is -0.493 e. The van der Waals surface area contributed by atoms with E-state index in [4.69, 9.17) is 105 Å². The predicted octanol–water partition coefficient (Wildman–Crippen LogP) is 24.1. The number of nitrogens with zero attached hydrogens (tertiary/aromatic N) is 6. The second-order valence-electron chi connectivity index (χ2n) is 34.4. The van der Waals surface area contributed by atoms with E-state index in [9.17, 15) is 9.59 Å². The summed E-state index contributed by atoms with van der Waals surface area (Å²) in [4.78, 5) is 76.3. The van der Waals surface area contributed by atoms with Crippen LogP contribution >= 0.6 is 0 Å². The first-order valence-corrected chi connectivity index (χ1v) is 47.2. The maximum Gasteiger partial charge on any atom is 0.255 e. The normalized spacial score (nSPS) is 11.6. The maximum atomic E-state index is 14.8. The van der Waals surface area contributed by atoms with Crippen LogP contribution in [0.15, 0.2) is 207 Å². The first-order valence-electron chi connectivity index (χ1n) is 47.2. The number of aromatic nitrogens is 10. The number of benzene rings is 8. The topological polar surface area (TPSA) is 365 Å². The van der Waals surface area contributed by atoms with Gasteiger partial charge in [-0.25, -0.2) is 19.9 Å². The zero-order chi connectivity index (χ0) is 104. The van der Waals surface area contributed by atoms with Crippen molar-refractivity contribution in [3.8, 4) is 204 Å². The molecule has 4 aliphatic heterocycles. The van der Waals surface area contributed by atoms with Gasteiger partial charge >= 0.3 is 0 Å². The Balaban J connectivity index is 0.650. The van der Waals surface area contributed by atoms with Gasteiger partial charge in [0.25, 0.3) is 11.8 Å². The van der Waals surface area contributed by atoms with Crippen molar-refractivity contribution in [1.29, 1.82) is 0 Å². The lowest BCUT2D eigenvalue weighted by Crippen LogP contribution is -2.13. The fraction of sp³-hybridized carbons (Fsp3) is 0.153. The molecule has 4 aliphatic rings. The van der Waals surface area contributed by atoms with Crippen LogP contribution in [0.2, 0.25) is 0 Å². The molecule has 0 radical (unpaired) electrons. The number of nitrogens with one attached hydrogen (secondary N) is 6. The van der Waals surface area contributed by atoms with Gasteiger partial charge in [0.1, 0.15) is 0 Å². The van der Waals surface area contributed by atoms with Crippen molar-refractivity contribution in [1.82, 2.24) is 49.8 Å². The summed E-state index contributed by atoms with van der Waals surface area (Å²) in [7, 11) is 28.2. The molecule has 754 valence electrons. The van der Waals surface area contributed by atoms with Crippen LogP contribution < -0.4 is 95.9 Å². The zero-order valence-electron chi connectivity index (χ0n) is 85.1. The van der Waals surface area contributed by atoms with Crippen LogP contribution in [0.25, 0.3) is 193 Å². The van der Waals surface area contributed by atoms with Gasteiger partial charge in [0, 0.05) is 124 Å². The minimum absolute atomic E-state index is 0.266. The molecule has 8 aromatic carbocycles. The van der Waals surface area contributed by atoms with E-state index in [0.717, 1.165) is 11.1 Å². The smallest absolute Gasteiger partial charge is 0.255 e. The monoisotopic (exact) mass is 2010 g/mol. The number of methoxy groups -OCH3 is 18. The van der Waals surface area contributed by atoms with E-state index < -0.39 is 11.8 Å². The summed E-state index contributed by atoms with van der Waals surface area (Å²) in [5.74, 6) is 6.61. The van der Waals surface area contributed by atoms with E-state index in [0.29, 0.717) is 294 Å². The molecule has 2 amide bonds. The predicted molar refractivity (Wildman–Crippen MR) is 583 cm³/mol. The summed E-state index contributed by atoms with van der Waals surface area (Å²) in [6, 6.07) is 60.1. The van der Waals surface area contributed by atoms with Gasteiger partial charge in [-0.15, -0.1) is 0 Å². The first-order chi connectivity index (χ1) is 73.3. The average Bonchev–Trinajstić information content (AvgIpc) is 1.60. The van der Waals surface area contributed by atoms with E-state index in [-0.39, 0.29) is 11.1 Å². The van der Waals surface area contributed by atoms with Crippen molar-refractivity contribution in [3.05, 3.63) is 263 Å². The van der Waals surface area contributed by atoms with Gasteiger partial charge in [-0.05, 0) is 263 Å². The third-order valence-electron chi connectivity index (χ3n) is 26.4. The summed E-state index contributed by atoms with van der Waals surface area (Å²) in [6.07, 6.45) is 18.8. The number of anilines is 2. The summed E-state index contributed by atoms with van der Waals surface area (Å²) < 4.78 is 107. The Labute approximate surface area is 861 Å². The highest BCUT2D eigenvalue weighted by Gasteiger charge is 2.31. The second-order valence-corrected chi connectivity index (χ2v) is 34.4. The molecule has 16 aromatic rings. The van der Waals surface area contributed by atoms with E-state index >= 15 is 0 Å². The fourth-order valence-corrected chi connectivity index (χ4v) is 19.5. The molecular weight excluding hydrogens is 1910 g/mol. The number of rotatable bonds is 31. The van der Waals surface area contributed by atoms with Crippen LogP contribution in [-0.4, -0.2) is 190 Å². The summed E-state index contributed by atoms with van der Waals surface area (Å²) >= 11 is 0. The van der Waals surface area contributed by atoms with E-state index in [1.165, 1.54) is 12.4 Å². The van der Waals surface area contributed by atoms with Crippen LogP contribution in [-0.2, 0) is 0 Å². The van der Waals surface area contributed by atoms with Gasteiger partial charge < -0.3 is 116 Å². The highest BCUT2D eigenvalue weighted by Crippen LogP contribution is 2.53. The number of hydrogen-bond acceptors (Lipinski definition) is 26. The van der Waals surface area contributed by atoms with Crippen molar-refractivity contribution in [2.75, 3.05) is 139 Å². The third-order valence-corrected chi connectivity index (χ3v) is 26.4. The number of ether oxygens (including phenoxy) is 18. The molecule has 0 spiro atoms. The molecular formula is C118H102N12O20. The Morgan fingerprint density at radius 2 is 0.367 bits per heavy atom. The number of carbonyl (C=O) groups excluding carboxylic acids is 2. The molecule has 20 rings (SSSR count). The number of H-pyrrole nitrogens is 4. The highest BCUT2D eigenvalue weighted by atomic mass is 16.6. The molecule has 0 saturated heterocycles. The van der Waals surface area contributed by atoms with Gasteiger partial charge in [-0.1, -0.05) is 24.3 Å². The number of hydrogen-bond donors (Lipinski definition) is 6. The van der Waals surface area contributed by atoms with Crippen molar-refractivity contribution in [2.24, 2.45) is 0 Å². The Hall–Kier alpha value is -19.4. The average molecular weight is 2010 g/mol. The Bertz CT molecular complexity index is 7860. The van der Waals surface area contributed by atoms with Gasteiger partial charge in [0.15, 0.2) is 69.0 Å². The van der Waals surface area contributed by atoms with E-state index in [1.54, 1.807) is 152 Å². The van der Waals surface area contributed by atoms with Crippen molar-refractivity contribution < 1.29 is 94.9 Å². The maximum absolute atomic E-state index is 14.8. The molecule has 0 saturated carbocycles. The molecule has 0 unspecified atom stereocenters. The van der Waals surface area contributed by atoms with Gasteiger partial charge in [-0.2, -0.15) is 0 Å². The number of amides is 2. The summed E-state index contributed by atoms with van der Waals surface area (Å²) in [5.41, 5.74) is 23.2. The lowest BCUT2D eigenvalue weighted by Gasteiger charge is -2.15. The van der Waals surface area contributed by atoms with Crippen LogP contribution in [0.5, 0.6) is 103 Å². The van der Waals surface area contributed by atoms with Crippen LogP contribution in [0.1, 0.15) is 66.3 Å². The molecule has 32 heteroatoms. The largest absolute Gasteiger partial charge is 0.493 e. The molecule has 16 bridgehead atoms. The van der Waals surface area contributed by atoms with Crippen molar-refractivity contribution in [3.63, 3.8) is 0 Å². The van der Waals surface area contributed by atoms with Crippen molar-refractivity contribution >= 4 is 116 Å². The van der Waals surface area contributed by atoms with Gasteiger partial charge in [-0.3, -0.25) is 19.6 Å². The number of fused-ring (bicyclic) bond motifs is 16. The molecule has 12 heterocycles. The lowest BCUT2D eigenvalue weighted by atomic mass is 10.0. The molecule has 0 atom stereocenters. The quantitative estimate of drug-likeness (QED) is 0.0235. The molecule has 8 aromatic heterocycles. The SMILES string of the molecule is COc1cc(-c2c3nc(c(-c4cc(OC)c(OC)c(OC)c4)c4ccc([nH]4)c(-c4cc(OC)c(OC)c(OC)c4)c4nc(c(-c5ccc(NC(=O)c6ccnc(-c7cc(C(=O)Nc8ccc(-c9c%10nc(c(-c%11cc(OC)c(OC)c(OC)c%11)c%11ccc([nH]%11)c(-c%11cc(OC)c(OC)c(OC)c%11)c%11nc(c(-c%12cc(OC)c(OC)c(OC)c%12)c%12ccc9[nH]%12)C=C%11)C=C%10)cc8)ccn7)c6)cc5)c5ccc2[nH]5)C=C4)C=C3)cc(OC)c1OC. The van der Waals surface area contributed by atoms with E-state index in [2.05, 4.69) is 40.5 Å². The van der Waals surface area contributed by atoms with Crippen LogP contribution in [0.4, 0.5) is 11.4 Å². The molecule has 6 N–H and O–H groups in total. The van der Waals surface area contributed by atoms with E-state index in [1.807, 2.05) is 218 Å². The third kappa shape index (κ3) is 18.0. The number of carbonyl (C=O) groups is 2. The Morgan fingerprint density at radius 1 is 0.200 bits per heavy atom. The number of aromatic amines is 4.